The number of hydrogen-bond donors (Lipinski definition) is 2. The number of likely N-dealkylation sites (N-methyl/N-ethyl adjacent to an activating group) is 1. The summed E-state index contributed by atoms with van der Waals surface area (Å²) in [6, 6.07) is 15.8. The Morgan fingerprint density at radius 1 is 1.03 bits per heavy atom. The molecule has 6 heteroatoms. The minimum Gasteiger partial charge on any atom is -0.497 e. The van der Waals surface area contributed by atoms with Crippen LogP contribution in [-0.4, -0.2) is 59.4 Å². The standard InChI is InChI=1S/C23H31N3O3/c1-18(23(27)24(2)20-8-6-5-7-9-20)26-14-12-25(13-15-26)17-19-16-21(28-3)10-11-22(19)29-4/h5-11,16,18H,12-15,17H2,1-4H3/p+2/t18-/m0/s1. The minimum atomic E-state index is -0.0480. The first kappa shape index (κ1) is 21.1. The number of anilines is 1. The van der Waals surface area contributed by atoms with Gasteiger partial charge in [0.05, 0.1) is 19.8 Å². The van der Waals surface area contributed by atoms with Crippen LogP contribution in [0.25, 0.3) is 0 Å². The molecule has 0 bridgehead atoms. The summed E-state index contributed by atoms with van der Waals surface area (Å²) < 4.78 is 10.9. The summed E-state index contributed by atoms with van der Waals surface area (Å²) in [5, 5.41) is 0. The monoisotopic (exact) mass is 399 g/mol. The average Bonchev–Trinajstić information content (AvgIpc) is 2.78. The lowest BCUT2D eigenvalue weighted by atomic mass is 10.1. The van der Waals surface area contributed by atoms with Gasteiger partial charge in [0.1, 0.15) is 44.2 Å². The normalized spacial score (nSPS) is 20.0. The van der Waals surface area contributed by atoms with Gasteiger partial charge in [0.2, 0.25) is 0 Å². The van der Waals surface area contributed by atoms with Gasteiger partial charge >= 0.3 is 0 Å². The first-order valence-corrected chi connectivity index (χ1v) is 10.2. The first-order valence-electron chi connectivity index (χ1n) is 10.2. The van der Waals surface area contributed by atoms with Crippen LogP contribution in [0.5, 0.6) is 11.5 Å². The van der Waals surface area contributed by atoms with Crippen LogP contribution in [0.4, 0.5) is 5.69 Å². The van der Waals surface area contributed by atoms with Crippen LogP contribution in [0.3, 0.4) is 0 Å². The van der Waals surface area contributed by atoms with E-state index >= 15 is 0 Å². The molecule has 2 aromatic rings. The summed E-state index contributed by atoms with van der Waals surface area (Å²) in [6.07, 6.45) is 0. The van der Waals surface area contributed by atoms with E-state index in [1.807, 2.05) is 56.4 Å². The highest BCUT2D eigenvalue weighted by molar-refractivity contribution is 5.95. The van der Waals surface area contributed by atoms with Gasteiger partial charge in [-0.15, -0.1) is 0 Å². The predicted octanol–water partition coefficient (Wildman–Crippen LogP) is 0.0387. The number of carbonyl (C=O) groups is 1. The first-order chi connectivity index (χ1) is 14.0. The van der Waals surface area contributed by atoms with Gasteiger partial charge in [-0.1, -0.05) is 18.2 Å². The lowest BCUT2D eigenvalue weighted by molar-refractivity contribution is -1.02. The second-order valence-electron chi connectivity index (χ2n) is 7.72. The van der Waals surface area contributed by atoms with Gasteiger partial charge in [0.25, 0.3) is 5.91 Å². The van der Waals surface area contributed by atoms with Crippen molar-refractivity contribution in [2.24, 2.45) is 0 Å². The van der Waals surface area contributed by atoms with Gasteiger partial charge in [0, 0.05) is 12.7 Å². The van der Waals surface area contributed by atoms with Crippen molar-refractivity contribution >= 4 is 11.6 Å². The van der Waals surface area contributed by atoms with Gasteiger partial charge in [0.15, 0.2) is 6.04 Å². The second kappa shape index (κ2) is 9.76. The molecule has 0 spiro atoms. The molecule has 29 heavy (non-hydrogen) atoms. The van der Waals surface area contributed by atoms with Crippen molar-refractivity contribution in [1.29, 1.82) is 0 Å². The highest BCUT2D eigenvalue weighted by Crippen LogP contribution is 2.23. The van der Waals surface area contributed by atoms with Gasteiger partial charge in [-0.25, -0.2) is 0 Å². The van der Waals surface area contributed by atoms with Crippen LogP contribution in [0.15, 0.2) is 48.5 Å². The number of piperazine rings is 1. The van der Waals surface area contributed by atoms with E-state index in [0.717, 1.165) is 49.9 Å². The summed E-state index contributed by atoms with van der Waals surface area (Å²) in [5.74, 6) is 1.93. The van der Waals surface area contributed by atoms with Gasteiger partial charge in [-0.3, -0.25) is 4.79 Å². The van der Waals surface area contributed by atoms with Gasteiger partial charge in [-0.05, 0) is 37.3 Å². The van der Waals surface area contributed by atoms with Crippen LogP contribution in [0.2, 0.25) is 0 Å². The highest BCUT2D eigenvalue weighted by Gasteiger charge is 2.33. The number of hydrogen-bond acceptors (Lipinski definition) is 3. The fourth-order valence-electron chi connectivity index (χ4n) is 4.07. The van der Waals surface area contributed by atoms with Crippen LogP contribution < -0.4 is 24.2 Å². The Kier molecular flexibility index (Phi) is 7.12. The van der Waals surface area contributed by atoms with E-state index in [0.29, 0.717) is 0 Å². The Hall–Kier alpha value is -2.57. The van der Waals surface area contributed by atoms with Crippen molar-refractivity contribution in [2.45, 2.75) is 19.5 Å². The molecule has 1 saturated heterocycles. The summed E-state index contributed by atoms with van der Waals surface area (Å²) in [5.41, 5.74) is 2.11. The van der Waals surface area contributed by atoms with Crippen LogP contribution in [0, 0.1) is 0 Å². The zero-order valence-electron chi connectivity index (χ0n) is 17.9. The molecule has 156 valence electrons. The number of rotatable bonds is 7. The van der Waals surface area contributed by atoms with Crippen LogP contribution in [0.1, 0.15) is 12.5 Å². The molecule has 0 saturated carbocycles. The van der Waals surface area contributed by atoms with Gasteiger partial charge in [-0.2, -0.15) is 0 Å². The quantitative estimate of drug-likeness (QED) is 0.691. The average molecular weight is 400 g/mol. The smallest absolute Gasteiger partial charge is 0.284 e. The van der Waals surface area contributed by atoms with E-state index < -0.39 is 0 Å². The molecule has 1 fully saturated rings. The number of nitrogens with zero attached hydrogens (tertiary/aromatic N) is 1. The van der Waals surface area contributed by atoms with E-state index in [1.54, 1.807) is 19.1 Å². The van der Waals surface area contributed by atoms with Crippen LogP contribution >= 0.6 is 0 Å². The third-order valence-electron chi connectivity index (χ3n) is 5.98. The molecular formula is C23H33N3O3+2. The van der Waals surface area contributed by atoms with E-state index in [-0.39, 0.29) is 11.9 Å². The highest BCUT2D eigenvalue weighted by atomic mass is 16.5. The summed E-state index contributed by atoms with van der Waals surface area (Å²) in [6.45, 7) is 6.98. The van der Waals surface area contributed by atoms with Crippen molar-refractivity contribution in [1.82, 2.24) is 0 Å². The number of amides is 1. The van der Waals surface area contributed by atoms with Crippen molar-refractivity contribution in [2.75, 3.05) is 52.3 Å². The summed E-state index contributed by atoms with van der Waals surface area (Å²) in [4.78, 5) is 17.6. The SMILES string of the molecule is COc1ccc(OC)c(C[NH+]2CC[NH+]([C@@H](C)C(=O)N(C)c3ccccc3)CC2)c1. The molecule has 0 aliphatic carbocycles. The number of quaternary nitrogens is 2. The maximum Gasteiger partial charge on any atom is 0.284 e. The number of para-hydroxylation sites is 1. The Bertz CT molecular complexity index is 804. The lowest BCUT2D eigenvalue weighted by Gasteiger charge is -2.34. The van der Waals surface area contributed by atoms with Crippen molar-refractivity contribution in [3.8, 4) is 11.5 Å². The maximum atomic E-state index is 12.9. The molecule has 1 aliphatic heterocycles. The molecular weight excluding hydrogens is 366 g/mol. The number of benzene rings is 2. The molecule has 0 aromatic heterocycles. The van der Waals surface area contributed by atoms with Crippen molar-refractivity contribution < 1.29 is 24.1 Å². The van der Waals surface area contributed by atoms with E-state index in [9.17, 15) is 4.79 Å². The largest absolute Gasteiger partial charge is 0.497 e. The predicted molar refractivity (Wildman–Crippen MR) is 114 cm³/mol. The number of ether oxygens (including phenoxy) is 2. The molecule has 1 atom stereocenters. The Balaban J connectivity index is 1.57. The third-order valence-corrected chi connectivity index (χ3v) is 5.98. The molecule has 1 heterocycles. The molecule has 0 unspecified atom stereocenters. The Labute approximate surface area is 173 Å². The molecule has 3 rings (SSSR count). The van der Waals surface area contributed by atoms with Crippen LogP contribution in [-0.2, 0) is 11.3 Å². The number of nitrogens with one attached hydrogen (secondary N) is 2. The summed E-state index contributed by atoms with van der Waals surface area (Å²) >= 11 is 0. The molecule has 0 radical (unpaired) electrons. The molecule has 6 nitrogen and oxygen atoms in total. The Morgan fingerprint density at radius 3 is 2.34 bits per heavy atom. The van der Waals surface area contributed by atoms with Crippen molar-refractivity contribution in [3.63, 3.8) is 0 Å². The van der Waals surface area contributed by atoms with E-state index in [2.05, 4.69) is 6.07 Å². The Morgan fingerprint density at radius 2 is 1.72 bits per heavy atom. The zero-order valence-corrected chi connectivity index (χ0v) is 17.9. The molecule has 2 aromatic carbocycles. The van der Waals surface area contributed by atoms with Crippen molar-refractivity contribution in [3.05, 3.63) is 54.1 Å². The fraction of sp³-hybridized carbons (Fsp3) is 0.435. The second-order valence-corrected chi connectivity index (χ2v) is 7.72. The fourth-order valence-corrected chi connectivity index (χ4v) is 4.07. The maximum absolute atomic E-state index is 12.9. The number of carbonyl (C=O) groups excluding carboxylic acids is 1. The zero-order chi connectivity index (χ0) is 20.8. The molecule has 1 aliphatic rings. The van der Waals surface area contributed by atoms with Gasteiger partial charge < -0.3 is 24.2 Å². The third kappa shape index (κ3) is 5.08. The van der Waals surface area contributed by atoms with E-state index in [4.69, 9.17) is 9.47 Å². The topological polar surface area (TPSA) is 47.7 Å². The molecule has 2 N–H and O–H groups in total. The summed E-state index contributed by atoms with van der Waals surface area (Å²) in [7, 11) is 5.26. The minimum absolute atomic E-state index is 0.0480. The van der Waals surface area contributed by atoms with E-state index in [1.165, 1.54) is 15.4 Å². The lowest BCUT2D eigenvalue weighted by Crippen LogP contribution is -3.29. The number of methoxy groups -OCH3 is 2. The molecule has 1 amide bonds.